The molecule has 7 heteroatoms. The van der Waals surface area contributed by atoms with E-state index in [1.165, 1.54) is 10.0 Å². The van der Waals surface area contributed by atoms with Crippen LogP contribution in [0.4, 0.5) is 0 Å². The van der Waals surface area contributed by atoms with Crippen LogP contribution in [0.2, 0.25) is 0 Å². The summed E-state index contributed by atoms with van der Waals surface area (Å²) in [6.07, 6.45) is 0. The quantitative estimate of drug-likeness (QED) is 0.714. The van der Waals surface area contributed by atoms with Gasteiger partial charge in [0.25, 0.3) is 10.0 Å². The Hall–Kier alpha value is -1.83. The van der Waals surface area contributed by atoms with Gasteiger partial charge in [0.2, 0.25) is 0 Å². The number of halogens is 1. The van der Waals surface area contributed by atoms with E-state index in [0.29, 0.717) is 21.1 Å². The number of hydrogen-bond donors (Lipinski definition) is 2. The van der Waals surface area contributed by atoms with Crippen molar-refractivity contribution in [3.8, 4) is 5.75 Å². The fourth-order valence-electron chi connectivity index (χ4n) is 2.49. The van der Waals surface area contributed by atoms with Gasteiger partial charge in [-0.25, -0.2) is 12.4 Å². The molecular weight excluding hydrogens is 380 g/mol. The lowest BCUT2D eigenvalue weighted by Crippen LogP contribution is -2.17. The van der Waals surface area contributed by atoms with Crippen molar-refractivity contribution in [2.24, 2.45) is 5.73 Å². The lowest BCUT2D eigenvalue weighted by atomic mass is 10.2. The topological polar surface area (TPSA) is 85.3 Å². The Morgan fingerprint density at radius 1 is 1.17 bits per heavy atom. The lowest BCUT2D eigenvalue weighted by molar-refractivity contribution is 0.472. The molecule has 0 saturated heterocycles. The number of benzene rings is 2. The third-order valence-corrected chi connectivity index (χ3v) is 6.08. The third kappa shape index (κ3) is 2.65. The molecular formula is C16H15BrN2O3S. The first-order valence-corrected chi connectivity index (χ1v) is 9.13. The van der Waals surface area contributed by atoms with E-state index >= 15 is 0 Å². The molecule has 0 unspecified atom stereocenters. The molecule has 1 heterocycles. The van der Waals surface area contributed by atoms with Gasteiger partial charge in [0.05, 0.1) is 14.9 Å². The molecule has 0 saturated carbocycles. The molecule has 1 aromatic heterocycles. The number of aryl methyl sites for hydroxylation is 1. The minimum absolute atomic E-state index is 0.0282. The van der Waals surface area contributed by atoms with Crippen molar-refractivity contribution in [2.75, 3.05) is 0 Å². The normalized spacial score (nSPS) is 12.0. The summed E-state index contributed by atoms with van der Waals surface area (Å²) < 4.78 is 27.7. The van der Waals surface area contributed by atoms with Crippen molar-refractivity contribution in [1.82, 2.24) is 3.97 Å². The maximum Gasteiger partial charge on any atom is 0.268 e. The second-order valence-corrected chi connectivity index (χ2v) is 7.93. The average molecular weight is 395 g/mol. The van der Waals surface area contributed by atoms with Crippen molar-refractivity contribution in [3.63, 3.8) is 0 Å². The SMILES string of the molecule is Cc1ccc(S(=O)(=O)n2c(CN)cc3cc(Br)c(O)cc32)cc1. The van der Waals surface area contributed by atoms with Crippen molar-refractivity contribution < 1.29 is 13.5 Å². The average Bonchev–Trinajstić information content (AvgIpc) is 2.86. The van der Waals surface area contributed by atoms with Gasteiger partial charge in [-0.1, -0.05) is 17.7 Å². The molecule has 3 aromatic rings. The van der Waals surface area contributed by atoms with E-state index < -0.39 is 10.0 Å². The standard InChI is InChI=1S/C16H15BrN2O3S/c1-10-2-4-13(5-3-10)23(21,22)19-12(9-18)6-11-7-14(17)16(20)8-15(11)19/h2-8,20H,9,18H2,1H3. The largest absolute Gasteiger partial charge is 0.507 e. The van der Waals surface area contributed by atoms with Crippen LogP contribution in [0.1, 0.15) is 11.3 Å². The number of nitrogens with two attached hydrogens (primary N) is 1. The Morgan fingerprint density at radius 2 is 1.83 bits per heavy atom. The fourth-order valence-corrected chi connectivity index (χ4v) is 4.40. The van der Waals surface area contributed by atoms with Gasteiger partial charge in [-0.15, -0.1) is 0 Å². The van der Waals surface area contributed by atoms with Crippen molar-refractivity contribution >= 4 is 36.9 Å². The Balaban J connectivity index is 2.33. The zero-order valence-corrected chi connectivity index (χ0v) is 14.7. The Bertz CT molecular complexity index is 992. The zero-order valence-electron chi connectivity index (χ0n) is 12.3. The third-order valence-electron chi connectivity index (χ3n) is 3.67. The van der Waals surface area contributed by atoms with Gasteiger partial charge in [0, 0.05) is 23.7 Å². The van der Waals surface area contributed by atoms with Gasteiger partial charge in [-0.2, -0.15) is 0 Å². The first kappa shape index (κ1) is 16.0. The smallest absolute Gasteiger partial charge is 0.268 e. The van der Waals surface area contributed by atoms with Crippen LogP contribution in [0.3, 0.4) is 0 Å². The van der Waals surface area contributed by atoms with Crippen LogP contribution in [0.5, 0.6) is 5.75 Å². The number of fused-ring (bicyclic) bond motifs is 1. The van der Waals surface area contributed by atoms with Crippen LogP contribution in [0, 0.1) is 6.92 Å². The molecule has 0 bridgehead atoms. The molecule has 3 rings (SSSR count). The summed E-state index contributed by atoms with van der Waals surface area (Å²) in [6.45, 7) is 1.96. The van der Waals surface area contributed by atoms with E-state index in [9.17, 15) is 13.5 Å². The van der Waals surface area contributed by atoms with Crippen LogP contribution in [0.25, 0.3) is 10.9 Å². The zero-order chi connectivity index (χ0) is 16.8. The van der Waals surface area contributed by atoms with Crippen molar-refractivity contribution in [3.05, 3.63) is 58.2 Å². The summed E-state index contributed by atoms with van der Waals surface area (Å²) in [7, 11) is -3.80. The number of aromatic hydroxyl groups is 1. The van der Waals surface area contributed by atoms with Crippen LogP contribution in [-0.4, -0.2) is 17.5 Å². The maximum atomic E-state index is 13.0. The summed E-state index contributed by atoms with van der Waals surface area (Å²) >= 11 is 3.24. The van der Waals surface area contributed by atoms with Gasteiger partial charge < -0.3 is 10.8 Å². The monoisotopic (exact) mass is 394 g/mol. The molecule has 0 amide bonds. The summed E-state index contributed by atoms with van der Waals surface area (Å²) in [6, 6.07) is 11.4. The van der Waals surface area contributed by atoms with E-state index in [2.05, 4.69) is 15.9 Å². The van der Waals surface area contributed by atoms with Gasteiger partial charge in [0.1, 0.15) is 5.75 Å². The van der Waals surface area contributed by atoms with Crippen LogP contribution >= 0.6 is 15.9 Å². The van der Waals surface area contributed by atoms with E-state index in [1.54, 1.807) is 36.4 Å². The molecule has 120 valence electrons. The molecule has 0 spiro atoms. The van der Waals surface area contributed by atoms with E-state index in [0.717, 1.165) is 5.56 Å². The first-order chi connectivity index (χ1) is 10.8. The molecule has 0 aliphatic heterocycles. The molecule has 3 N–H and O–H groups in total. The molecule has 0 aliphatic carbocycles. The van der Waals surface area contributed by atoms with Gasteiger partial charge in [-0.05, 0) is 47.1 Å². The van der Waals surface area contributed by atoms with E-state index in [-0.39, 0.29) is 17.2 Å². The van der Waals surface area contributed by atoms with Crippen molar-refractivity contribution in [2.45, 2.75) is 18.4 Å². The number of nitrogens with zero attached hydrogens (tertiary/aromatic N) is 1. The summed E-state index contributed by atoms with van der Waals surface area (Å²) in [5.74, 6) is -0.0282. The second kappa shape index (κ2) is 5.67. The summed E-state index contributed by atoms with van der Waals surface area (Å²) in [5, 5.41) is 10.6. The maximum absolute atomic E-state index is 13.0. The fraction of sp³-hybridized carbons (Fsp3) is 0.125. The minimum atomic E-state index is -3.80. The number of aromatic nitrogens is 1. The van der Waals surface area contributed by atoms with Crippen LogP contribution in [-0.2, 0) is 16.6 Å². The molecule has 0 fully saturated rings. The summed E-state index contributed by atoms with van der Waals surface area (Å²) in [4.78, 5) is 0.178. The Kier molecular flexibility index (Phi) is 3.95. The van der Waals surface area contributed by atoms with Gasteiger partial charge >= 0.3 is 0 Å². The number of rotatable bonds is 3. The van der Waals surface area contributed by atoms with Crippen molar-refractivity contribution in [1.29, 1.82) is 0 Å². The molecule has 2 aromatic carbocycles. The lowest BCUT2D eigenvalue weighted by Gasteiger charge is -2.11. The molecule has 23 heavy (non-hydrogen) atoms. The van der Waals surface area contributed by atoms with Gasteiger partial charge in [-0.3, -0.25) is 0 Å². The minimum Gasteiger partial charge on any atom is -0.507 e. The predicted octanol–water partition coefficient (Wildman–Crippen LogP) is 3.11. The highest BCUT2D eigenvalue weighted by Crippen LogP contribution is 2.33. The van der Waals surface area contributed by atoms with Crippen LogP contribution in [0.15, 0.2) is 51.8 Å². The second-order valence-electron chi connectivity index (χ2n) is 5.28. The highest BCUT2D eigenvalue weighted by Gasteiger charge is 2.23. The number of phenolic OH excluding ortho intramolecular Hbond substituents is 1. The van der Waals surface area contributed by atoms with Crippen LogP contribution < -0.4 is 5.73 Å². The highest BCUT2D eigenvalue weighted by molar-refractivity contribution is 9.10. The first-order valence-electron chi connectivity index (χ1n) is 6.90. The Morgan fingerprint density at radius 3 is 2.43 bits per heavy atom. The Labute approximate surface area is 142 Å². The highest BCUT2D eigenvalue weighted by atomic mass is 79.9. The molecule has 0 atom stereocenters. The van der Waals surface area contributed by atoms with E-state index in [1.807, 2.05) is 6.92 Å². The number of hydrogen-bond acceptors (Lipinski definition) is 4. The predicted molar refractivity (Wildman–Crippen MR) is 93.0 cm³/mol. The molecule has 5 nitrogen and oxygen atoms in total. The van der Waals surface area contributed by atoms with E-state index in [4.69, 9.17) is 5.73 Å². The number of phenols is 1. The molecule has 0 radical (unpaired) electrons. The van der Waals surface area contributed by atoms with Gasteiger partial charge in [0.15, 0.2) is 0 Å². The molecule has 0 aliphatic rings. The summed E-state index contributed by atoms with van der Waals surface area (Å²) in [5.41, 5.74) is 7.56.